The highest BCUT2D eigenvalue weighted by atomic mass is 35.5. The van der Waals surface area contributed by atoms with Crippen LogP contribution in [0.25, 0.3) is 0 Å². The van der Waals surface area contributed by atoms with Crippen molar-refractivity contribution in [3.05, 3.63) is 119 Å². The van der Waals surface area contributed by atoms with Gasteiger partial charge in [-0.05, 0) is 162 Å². The number of aliphatic hydroxyl groups excluding tert-OH is 3. The molecule has 2 fully saturated rings. The van der Waals surface area contributed by atoms with Gasteiger partial charge in [0.2, 0.25) is 0 Å². The van der Waals surface area contributed by atoms with Crippen molar-refractivity contribution in [2.45, 2.75) is 180 Å². The maximum atomic E-state index is 11.0. The largest absolute Gasteiger partial charge is 0.508 e. The molecule has 6 nitrogen and oxygen atoms in total. The number of phenols is 2. The Kier molecular flexibility index (Phi) is 18.9. The minimum Gasteiger partial charge on any atom is -0.508 e. The van der Waals surface area contributed by atoms with Gasteiger partial charge in [0.05, 0.1) is 18.3 Å². The van der Waals surface area contributed by atoms with Gasteiger partial charge in [-0.15, -0.1) is 12.4 Å². The van der Waals surface area contributed by atoms with Crippen LogP contribution in [0.4, 0.5) is 0 Å². The van der Waals surface area contributed by atoms with Crippen molar-refractivity contribution < 1.29 is 30.0 Å². The number of phenolic OH excluding ortho intramolecular Hbond substituents is 2. The van der Waals surface area contributed by atoms with E-state index in [-0.39, 0.29) is 41.9 Å². The van der Waals surface area contributed by atoms with Crippen LogP contribution in [0.2, 0.25) is 5.04 Å². The molecule has 0 aliphatic heterocycles. The van der Waals surface area contributed by atoms with Gasteiger partial charge >= 0.3 is 0 Å². The molecule has 0 radical (unpaired) electrons. The Morgan fingerprint density at radius 1 is 0.576 bits per heavy atom. The quantitative estimate of drug-likeness (QED) is 0.0502. The molecule has 4 aromatic carbocycles. The molecule has 0 spiro atoms. The van der Waals surface area contributed by atoms with Crippen LogP contribution in [-0.4, -0.2) is 58.3 Å². The van der Waals surface area contributed by atoms with Gasteiger partial charge in [0.25, 0.3) is 8.32 Å². The molecule has 8 rings (SSSR count). The smallest absolute Gasteiger partial charge is 0.261 e. The van der Waals surface area contributed by atoms with Crippen LogP contribution in [0.1, 0.15) is 147 Å². The molecule has 4 aliphatic rings. The van der Waals surface area contributed by atoms with E-state index in [2.05, 4.69) is 107 Å². The molecule has 0 heterocycles. The van der Waals surface area contributed by atoms with E-state index in [4.69, 9.17) is 4.43 Å². The molecule has 5 N–H and O–H groups in total. The first kappa shape index (κ1) is 52.2. The number of hydrogen-bond donors (Lipinski definition) is 5. The van der Waals surface area contributed by atoms with Crippen LogP contribution < -0.4 is 10.4 Å². The zero-order valence-corrected chi connectivity index (χ0v) is 42.6. The molecular formula is C58H83ClO6Si. The van der Waals surface area contributed by atoms with E-state index < -0.39 is 8.32 Å². The third-order valence-corrected chi connectivity index (χ3v) is 21.5. The van der Waals surface area contributed by atoms with E-state index in [1.807, 2.05) is 18.2 Å². The van der Waals surface area contributed by atoms with Crippen LogP contribution >= 0.6 is 12.4 Å². The minimum atomic E-state index is -2.71. The molecule has 10 atom stereocenters. The molecular weight excluding hydrogens is 856 g/mol. The second-order valence-corrected chi connectivity index (χ2v) is 25.9. The first-order chi connectivity index (χ1) is 31.3. The van der Waals surface area contributed by atoms with Crippen molar-refractivity contribution in [1.29, 1.82) is 0 Å². The Morgan fingerprint density at radius 3 is 1.50 bits per heavy atom. The first-order valence-electron chi connectivity index (χ1n) is 25.8. The molecule has 0 bridgehead atoms. The lowest BCUT2D eigenvalue weighted by Gasteiger charge is -2.46. The Labute approximate surface area is 405 Å². The Morgan fingerprint density at radius 2 is 1.03 bits per heavy atom. The van der Waals surface area contributed by atoms with Crippen molar-refractivity contribution in [2.24, 2.45) is 35.5 Å². The summed E-state index contributed by atoms with van der Waals surface area (Å²) in [5.74, 6) is 3.51. The fraction of sp³-hybridized carbons (Fsp3) is 0.586. The molecule has 4 aromatic rings. The van der Waals surface area contributed by atoms with Gasteiger partial charge in [-0.25, -0.2) is 0 Å². The third-order valence-electron chi connectivity index (χ3n) is 16.4. The topological polar surface area (TPSA) is 110 Å². The van der Waals surface area contributed by atoms with Gasteiger partial charge in [-0.3, -0.25) is 0 Å². The van der Waals surface area contributed by atoms with E-state index in [0.29, 0.717) is 47.0 Å². The summed E-state index contributed by atoms with van der Waals surface area (Å²) in [4.78, 5) is 0. The summed E-state index contributed by atoms with van der Waals surface area (Å²) in [5, 5.41) is 55.1. The molecule has 0 aromatic heterocycles. The normalized spacial score (nSPS) is 25.3. The summed E-state index contributed by atoms with van der Waals surface area (Å²) in [5.41, 5.74) is 4.77. The van der Waals surface area contributed by atoms with Crippen LogP contribution in [-0.2, 0) is 30.1 Å². The van der Waals surface area contributed by atoms with Crippen molar-refractivity contribution >= 4 is 31.1 Å². The lowest BCUT2D eigenvalue weighted by molar-refractivity contribution is 0.0869. The van der Waals surface area contributed by atoms with Gasteiger partial charge in [-0.1, -0.05) is 158 Å². The predicted molar refractivity (Wildman–Crippen MR) is 276 cm³/mol. The van der Waals surface area contributed by atoms with Crippen molar-refractivity contribution in [3.8, 4) is 11.5 Å². The molecule has 4 aliphatic carbocycles. The van der Waals surface area contributed by atoms with Crippen molar-refractivity contribution in [2.75, 3.05) is 0 Å². The molecule has 0 amide bonds. The monoisotopic (exact) mass is 939 g/mol. The number of hydrogen-bond acceptors (Lipinski definition) is 6. The average molecular weight is 940 g/mol. The molecule has 66 heavy (non-hydrogen) atoms. The fourth-order valence-corrected chi connectivity index (χ4v) is 17.7. The summed E-state index contributed by atoms with van der Waals surface area (Å²) in [6, 6.07) is 33.8. The van der Waals surface area contributed by atoms with Crippen LogP contribution in [0.5, 0.6) is 11.5 Å². The number of unbranched alkanes of at least 4 members (excludes halogenated alkanes) is 4. The van der Waals surface area contributed by atoms with Gasteiger partial charge in [0.15, 0.2) is 0 Å². The Balaban J connectivity index is 0.000000245. The Bertz CT molecular complexity index is 2030. The van der Waals surface area contributed by atoms with Crippen molar-refractivity contribution in [1.82, 2.24) is 0 Å². The lowest BCUT2D eigenvalue weighted by atomic mass is 9.73. The summed E-state index contributed by atoms with van der Waals surface area (Å²) in [6.07, 6.45) is 17.3. The second-order valence-electron chi connectivity index (χ2n) is 21.6. The SMILES string of the molecule is CCCCC[C@H](O)CC[C@@H]1[C@H]2Cc3cccc(O)c3C[C@H]2C[C@H]1O.CCCCC[C@H](O)CC[C@@H]1[C@H]2Cc3cccc(O)c3C[C@H]2C[C@H]1O[Si](c1ccccc1)(c1ccccc1)C(C)(C)C.Cl. The average Bonchev–Trinajstić information content (AvgIpc) is 3.79. The lowest BCUT2D eigenvalue weighted by Crippen LogP contribution is -2.68. The van der Waals surface area contributed by atoms with Crippen LogP contribution in [0, 0.1) is 35.5 Å². The van der Waals surface area contributed by atoms with E-state index >= 15 is 0 Å². The maximum absolute atomic E-state index is 11.0. The second kappa shape index (κ2) is 23.9. The van der Waals surface area contributed by atoms with Gasteiger partial charge in [0.1, 0.15) is 11.5 Å². The highest BCUT2D eigenvalue weighted by Crippen LogP contribution is 2.52. The van der Waals surface area contributed by atoms with Crippen LogP contribution in [0.15, 0.2) is 97.1 Å². The highest BCUT2D eigenvalue weighted by Gasteiger charge is 2.55. The molecule has 362 valence electrons. The molecule has 2 saturated carbocycles. The minimum absolute atomic E-state index is 0. The summed E-state index contributed by atoms with van der Waals surface area (Å²) in [7, 11) is -2.71. The number of aliphatic hydroxyl groups is 3. The van der Waals surface area contributed by atoms with E-state index in [0.717, 1.165) is 101 Å². The zero-order valence-electron chi connectivity index (χ0n) is 40.8. The predicted octanol–water partition coefficient (Wildman–Crippen LogP) is 11.7. The number of aromatic hydroxyl groups is 2. The highest BCUT2D eigenvalue weighted by molar-refractivity contribution is 6.99. The van der Waals surface area contributed by atoms with Crippen LogP contribution in [0.3, 0.4) is 0 Å². The van der Waals surface area contributed by atoms with Gasteiger partial charge in [0, 0.05) is 6.10 Å². The van der Waals surface area contributed by atoms with E-state index in [9.17, 15) is 25.5 Å². The zero-order chi connectivity index (χ0) is 46.1. The summed E-state index contributed by atoms with van der Waals surface area (Å²) >= 11 is 0. The first-order valence-corrected chi connectivity index (χ1v) is 27.7. The Hall–Kier alpha value is -3.17. The molecule has 0 saturated heterocycles. The van der Waals surface area contributed by atoms with E-state index in [1.54, 1.807) is 6.07 Å². The number of fused-ring (bicyclic) bond motifs is 4. The number of halogens is 1. The van der Waals surface area contributed by atoms with Crippen molar-refractivity contribution in [3.63, 3.8) is 0 Å². The molecule has 8 heteroatoms. The van der Waals surface area contributed by atoms with E-state index in [1.165, 1.54) is 47.2 Å². The number of rotatable bonds is 18. The number of benzene rings is 4. The fourth-order valence-electron chi connectivity index (χ4n) is 13.0. The third kappa shape index (κ3) is 12.0. The standard InChI is InChI=1S/C37H50O3Si.C21H32O3.ClH/c1-5-6-9-16-29(38)22-23-32-33-24-27-15-14-21-35(39)34(27)25-28(33)26-36(32)40-41(37(2,3)4,30-17-10-7-11-18-30)31-19-12-8-13-20-31;1-2-3-4-7-16(22)9-10-17-18-11-14-6-5-8-20(23)19(14)12-15(18)13-21(17)24;/h7-8,10-15,17-21,28-29,32-33,36,38-39H,5-6,9,16,22-26H2,1-4H3;5-6,8,15-18,21-24H,2-4,7,9-13H2,1H3;1H/t28-,29-,32+,33-,36+;15-,16-,17+,18-,21+;/m00./s1. The van der Waals surface area contributed by atoms with Gasteiger partial charge in [-0.2, -0.15) is 0 Å². The summed E-state index contributed by atoms with van der Waals surface area (Å²) < 4.78 is 7.79. The summed E-state index contributed by atoms with van der Waals surface area (Å²) in [6.45, 7) is 11.5. The maximum Gasteiger partial charge on any atom is 0.261 e. The molecule has 0 unspecified atom stereocenters. The van der Waals surface area contributed by atoms with Gasteiger partial charge < -0.3 is 30.0 Å².